The second-order valence-corrected chi connectivity index (χ2v) is 7.76. The topological polar surface area (TPSA) is 62.6 Å². The molecular weight excluding hydrogens is 367 g/mol. The van der Waals surface area contributed by atoms with E-state index >= 15 is 0 Å². The third-order valence-electron chi connectivity index (χ3n) is 4.03. The monoisotopic (exact) mass is 394 g/mol. The van der Waals surface area contributed by atoms with Gasteiger partial charge in [-0.3, -0.25) is 9.00 Å². The predicted octanol–water partition coefficient (Wildman–Crippen LogP) is 3.58. The molecule has 1 N–H and O–H groups in total. The average Bonchev–Trinajstić information content (AvgIpc) is 3.11. The number of halogens is 1. The van der Waals surface area contributed by atoms with Crippen molar-refractivity contribution in [2.45, 2.75) is 37.3 Å². The summed E-state index contributed by atoms with van der Waals surface area (Å²) in [7, 11) is -1.36. The summed E-state index contributed by atoms with van der Waals surface area (Å²) in [6.07, 6.45) is 2.17. The van der Waals surface area contributed by atoms with Crippen LogP contribution in [0.3, 0.4) is 0 Å². The van der Waals surface area contributed by atoms with Crippen molar-refractivity contribution in [1.82, 2.24) is 10.2 Å². The van der Waals surface area contributed by atoms with Gasteiger partial charge in [-0.15, -0.1) is 0 Å². The summed E-state index contributed by atoms with van der Waals surface area (Å²) in [5.41, 5.74) is 0. The third kappa shape index (κ3) is 6.92. The summed E-state index contributed by atoms with van der Waals surface area (Å²) < 4.78 is 30.8. The SMILES string of the molecule is CCCN(CCC)CCNC(=O)c1ccc(C[S@@](=O)c2ccc(F)cc2)o1. The summed E-state index contributed by atoms with van der Waals surface area (Å²) in [5, 5.41) is 2.86. The number of benzene rings is 1. The van der Waals surface area contributed by atoms with Crippen LogP contribution >= 0.6 is 0 Å². The van der Waals surface area contributed by atoms with E-state index in [-0.39, 0.29) is 23.2 Å². The van der Waals surface area contributed by atoms with Gasteiger partial charge in [0.05, 0.1) is 16.6 Å². The van der Waals surface area contributed by atoms with Gasteiger partial charge in [-0.1, -0.05) is 13.8 Å². The largest absolute Gasteiger partial charge is 0.455 e. The first-order valence-corrected chi connectivity index (χ1v) is 10.6. The van der Waals surface area contributed by atoms with Gasteiger partial charge in [0.1, 0.15) is 11.6 Å². The van der Waals surface area contributed by atoms with E-state index in [0.717, 1.165) is 32.5 Å². The van der Waals surface area contributed by atoms with Crippen molar-refractivity contribution in [2.75, 3.05) is 26.2 Å². The second kappa shape index (κ2) is 11.0. The zero-order valence-corrected chi connectivity index (χ0v) is 16.7. The highest BCUT2D eigenvalue weighted by atomic mass is 32.2. The Morgan fingerprint density at radius 3 is 2.37 bits per heavy atom. The molecule has 1 atom stereocenters. The van der Waals surface area contributed by atoms with E-state index in [0.29, 0.717) is 17.2 Å². The van der Waals surface area contributed by atoms with Crippen molar-refractivity contribution in [3.63, 3.8) is 0 Å². The van der Waals surface area contributed by atoms with Gasteiger partial charge in [-0.25, -0.2) is 4.39 Å². The van der Waals surface area contributed by atoms with E-state index in [4.69, 9.17) is 4.42 Å². The zero-order valence-electron chi connectivity index (χ0n) is 15.9. The van der Waals surface area contributed by atoms with Crippen molar-refractivity contribution in [2.24, 2.45) is 0 Å². The molecule has 0 fully saturated rings. The number of carbonyl (C=O) groups is 1. The van der Waals surface area contributed by atoms with Crippen molar-refractivity contribution >= 4 is 16.7 Å². The smallest absolute Gasteiger partial charge is 0.287 e. The molecule has 0 aliphatic heterocycles. The third-order valence-corrected chi connectivity index (χ3v) is 5.37. The van der Waals surface area contributed by atoms with Crippen LogP contribution in [0.15, 0.2) is 45.7 Å². The first-order valence-electron chi connectivity index (χ1n) is 9.26. The second-order valence-electron chi connectivity index (χ2n) is 6.31. The van der Waals surface area contributed by atoms with Crippen LogP contribution in [0.4, 0.5) is 4.39 Å². The number of amides is 1. The molecular formula is C20H27FN2O3S. The molecule has 2 aromatic rings. The highest BCUT2D eigenvalue weighted by Crippen LogP contribution is 2.15. The Morgan fingerprint density at radius 1 is 1.07 bits per heavy atom. The fraction of sp³-hybridized carbons (Fsp3) is 0.450. The molecule has 0 spiro atoms. The van der Waals surface area contributed by atoms with Gasteiger partial charge in [0.25, 0.3) is 5.91 Å². The molecule has 0 aliphatic carbocycles. The highest BCUT2D eigenvalue weighted by molar-refractivity contribution is 7.84. The Kier molecular flexibility index (Phi) is 8.67. The van der Waals surface area contributed by atoms with Crippen LogP contribution in [0.1, 0.15) is 43.0 Å². The fourth-order valence-electron chi connectivity index (χ4n) is 2.76. The van der Waals surface area contributed by atoms with Gasteiger partial charge in [0.2, 0.25) is 0 Å². The summed E-state index contributed by atoms with van der Waals surface area (Å²) in [5.74, 6) is 0.158. The van der Waals surface area contributed by atoms with Crippen LogP contribution in [-0.2, 0) is 16.6 Å². The Bertz CT molecular complexity index is 740. The molecule has 1 aromatic heterocycles. The van der Waals surface area contributed by atoms with Gasteiger partial charge in [0.15, 0.2) is 5.76 Å². The molecule has 0 unspecified atom stereocenters. The van der Waals surface area contributed by atoms with Gasteiger partial charge in [-0.05, 0) is 62.3 Å². The lowest BCUT2D eigenvalue weighted by Crippen LogP contribution is -2.35. The Hall–Kier alpha value is -1.99. The summed E-state index contributed by atoms with van der Waals surface area (Å²) in [4.78, 5) is 15.0. The molecule has 27 heavy (non-hydrogen) atoms. The summed E-state index contributed by atoms with van der Waals surface area (Å²) in [6, 6.07) is 8.75. The van der Waals surface area contributed by atoms with E-state index in [9.17, 15) is 13.4 Å². The lowest BCUT2D eigenvalue weighted by atomic mass is 10.3. The predicted molar refractivity (Wildman–Crippen MR) is 105 cm³/mol. The van der Waals surface area contributed by atoms with Crippen molar-refractivity contribution in [3.05, 3.63) is 53.7 Å². The van der Waals surface area contributed by atoms with Crippen molar-refractivity contribution in [1.29, 1.82) is 0 Å². The maximum atomic E-state index is 12.9. The molecule has 0 radical (unpaired) electrons. The van der Waals surface area contributed by atoms with Crippen molar-refractivity contribution < 1.29 is 17.8 Å². The van der Waals surface area contributed by atoms with Crippen LogP contribution in [-0.4, -0.2) is 41.2 Å². The Morgan fingerprint density at radius 2 is 1.74 bits per heavy atom. The highest BCUT2D eigenvalue weighted by Gasteiger charge is 2.14. The Balaban J connectivity index is 1.84. The number of rotatable bonds is 11. The van der Waals surface area contributed by atoms with Crippen LogP contribution < -0.4 is 5.32 Å². The molecule has 2 rings (SSSR count). The molecule has 0 saturated heterocycles. The van der Waals surface area contributed by atoms with E-state index in [1.165, 1.54) is 24.3 Å². The first-order chi connectivity index (χ1) is 13.0. The molecule has 5 nitrogen and oxygen atoms in total. The summed E-state index contributed by atoms with van der Waals surface area (Å²) in [6.45, 7) is 7.67. The number of carbonyl (C=O) groups excluding carboxylic acids is 1. The van der Waals surface area contributed by atoms with E-state index < -0.39 is 10.8 Å². The van der Waals surface area contributed by atoms with E-state index in [1.54, 1.807) is 12.1 Å². The zero-order chi connectivity index (χ0) is 19.6. The van der Waals surface area contributed by atoms with Crippen molar-refractivity contribution in [3.8, 4) is 0 Å². The molecule has 1 aromatic carbocycles. The van der Waals surface area contributed by atoms with Gasteiger partial charge in [0, 0.05) is 18.0 Å². The molecule has 1 amide bonds. The minimum Gasteiger partial charge on any atom is -0.455 e. The number of nitrogens with one attached hydrogen (secondary N) is 1. The Labute approximate surface area is 162 Å². The fourth-order valence-corrected chi connectivity index (χ4v) is 3.78. The molecule has 0 bridgehead atoms. The lowest BCUT2D eigenvalue weighted by molar-refractivity contribution is 0.0919. The normalized spacial score (nSPS) is 12.3. The number of hydrogen-bond donors (Lipinski definition) is 1. The lowest BCUT2D eigenvalue weighted by Gasteiger charge is -2.20. The maximum absolute atomic E-state index is 12.9. The van der Waals surface area contributed by atoms with Crippen LogP contribution in [0.5, 0.6) is 0 Å². The minimum absolute atomic E-state index is 0.139. The molecule has 7 heteroatoms. The minimum atomic E-state index is -1.36. The van der Waals surface area contributed by atoms with Crippen LogP contribution in [0.2, 0.25) is 0 Å². The van der Waals surface area contributed by atoms with E-state index in [1.807, 2.05) is 0 Å². The van der Waals surface area contributed by atoms with Gasteiger partial charge < -0.3 is 14.6 Å². The quantitative estimate of drug-likeness (QED) is 0.633. The first kappa shape index (κ1) is 21.3. The molecule has 148 valence electrons. The van der Waals surface area contributed by atoms with Gasteiger partial charge in [-0.2, -0.15) is 0 Å². The number of furan rings is 1. The standard InChI is InChI=1S/C20H27FN2O3S/c1-3-12-23(13-4-2)14-11-22-20(24)19-10-7-17(26-19)15-27(25)18-8-5-16(21)6-9-18/h5-10H,3-4,11-15H2,1-2H3,(H,22,24)/t27-/m1/s1. The molecule has 0 aliphatic rings. The average molecular weight is 395 g/mol. The van der Waals surface area contributed by atoms with Crippen LogP contribution in [0, 0.1) is 5.82 Å². The maximum Gasteiger partial charge on any atom is 0.287 e. The molecule has 0 saturated carbocycles. The summed E-state index contributed by atoms with van der Waals surface area (Å²) >= 11 is 0. The van der Waals surface area contributed by atoms with Crippen LogP contribution in [0.25, 0.3) is 0 Å². The number of nitrogens with zero attached hydrogens (tertiary/aromatic N) is 1. The molecule has 1 heterocycles. The van der Waals surface area contributed by atoms with E-state index in [2.05, 4.69) is 24.1 Å². The number of hydrogen-bond acceptors (Lipinski definition) is 4. The van der Waals surface area contributed by atoms with Gasteiger partial charge >= 0.3 is 0 Å².